The predicted octanol–water partition coefficient (Wildman–Crippen LogP) is 2.77. The number of hydrogen-bond donors (Lipinski definition) is 1. The highest BCUT2D eigenvalue weighted by Crippen LogP contribution is 2.22. The molecule has 0 amide bonds. The van der Waals surface area contributed by atoms with Gasteiger partial charge in [0.15, 0.2) is 0 Å². The molecule has 1 heterocycles. The zero-order chi connectivity index (χ0) is 13.9. The van der Waals surface area contributed by atoms with E-state index < -0.39 is 10.0 Å². The first kappa shape index (κ1) is 14.0. The van der Waals surface area contributed by atoms with Crippen molar-refractivity contribution < 1.29 is 8.42 Å². The van der Waals surface area contributed by atoms with Gasteiger partial charge in [-0.1, -0.05) is 23.7 Å². The molecule has 0 aliphatic carbocycles. The zero-order valence-corrected chi connectivity index (χ0v) is 11.8. The van der Waals surface area contributed by atoms with Crippen molar-refractivity contribution in [2.45, 2.75) is 17.9 Å². The van der Waals surface area contributed by atoms with Gasteiger partial charge >= 0.3 is 0 Å². The van der Waals surface area contributed by atoms with E-state index in [9.17, 15) is 8.42 Å². The van der Waals surface area contributed by atoms with Gasteiger partial charge in [0, 0.05) is 18.4 Å². The van der Waals surface area contributed by atoms with Gasteiger partial charge in [-0.05, 0) is 36.8 Å². The van der Waals surface area contributed by atoms with E-state index in [0.29, 0.717) is 0 Å². The summed E-state index contributed by atoms with van der Waals surface area (Å²) in [5, 5.41) is 0.205. The average Bonchev–Trinajstić information content (AvgIpc) is 2.39. The van der Waals surface area contributed by atoms with Crippen LogP contribution in [0.25, 0.3) is 0 Å². The van der Waals surface area contributed by atoms with Gasteiger partial charge in [0.05, 0.1) is 5.02 Å². The van der Waals surface area contributed by atoms with Crippen molar-refractivity contribution in [2.75, 3.05) is 0 Å². The van der Waals surface area contributed by atoms with E-state index in [0.717, 1.165) is 5.56 Å². The number of halogens is 1. The summed E-state index contributed by atoms with van der Waals surface area (Å²) in [5.41, 5.74) is 0.839. The minimum atomic E-state index is -3.64. The smallest absolute Gasteiger partial charge is 0.242 e. The highest BCUT2D eigenvalue weighted by molar-refractivity contribution is 7.89. The van der Waals surface area contributed by atoms with Crippen LogP contribution < -0.4 is 4.72 Å². The molecule has 0 unspecified atom stereocenters. The summed E-state index contributed by atoms with van der Waals surface area (Å²) in [6.07, 6.45) is 3.24. The number of aromatic nitrogens is 1. The van der Waals surface area contributed by atoms with Gasteiger partial charge < -0.3 is 0 Å². The molecule has 6 heteroatoms. The van der Waals surface area contributed by atoms with Crippen LogP contribution in [-0.4, -0.2) is 13.4 Å². The Hall–Kier alpha value is -1.43. The Labute approximate surface area is 117 Å². The summed E-state index contributed by atoms with van der Waals surface area (Å²) in [7, 11) is -3.64. The Morgan fingerprint density at radius 3 is 2.42 bits per heavy atom. The Bertz CT molecular complexity index is 659. The average molecular weight is 297 g/mol. The third kappa shape index (κ3) is 3.32. The Kier molecular flexibility index (Phi) is 4.19. The minimum absolute atomic E-state index is 0.0811. The van der Waals surface area contributed by atoms with Crippen LogP contribution in [0.5, 0.6) is 0 Å². The van der Waals surface area contributed by atoms with Crippen molar-refractivity contribution in [3.05, 3.63) is 59.4 Å². The van der Waals surface area contributed by atoms with E-state index in [-0.39, 0.29) is 16.0 Å². The molecule has 1 aromatic heterocycles. The monoisotopic (exact) mass is 296 g/mol. The van der Waals surface area contributed by atoms with Crippen molar-refractivity contribution >= 4 is 21.6 Å². The Balaban J connectivity index is 2.26. The summed E-state index contributed by atoms with van der Waals surface area (Å²) in [6, 6.07) is 9.52. The molecule has 0 saturated carbocycles. The van der Waals surface area contributed by atoms with Crippen LogP contribution in [0.2, 0.25) is 5.02 Å². The maximum Gasteiger partial charge on any atom is 0.242 e. The molecular weight excluding hydrogens is 284 g/mol. The molecule has 0 bridgehead atoms. The number of nitrogens with one attached hydrogen (secondary N) is 1. The second-order valence-electron chi connectivity index (χ2n) is 4.05. The summed E-state index contributed by atoms with van der Waals surface area (Å²) in [5.74, 6) is 0. The number of rotatable bonds is 4. The largest absolute Gasteiger partial charge is 0.265 e. The molecule has 0 spiro atoms. The lowest BCUT2D eigenvalue weighted by atomic mass is 10.1. The minimum Gasteiger partial charge on any atom is -0.265 e. The van der Waals surface area contributed by atoms with Crippen molar-refractivity contribution in [3.63, 3.8) is 0 Å². The highest BCUT2D eigenvalue weighted by Gasteiger charge is 2.20. The molecule has 1 aromatic carbocycles. The molecule has 0 aliphatic heterocycles. The first-order chi connectivity index (χ1) is 9.00. The lowest BCUT2D eigenvalue weighted by Gasteiger charge is -2.15. The van der Waals surface area contributed by atoms with Crippen LogP contribution in [0.3, 0.4) is 0 Å². The van der Waals surface area contributed by atoms with Crippen LogP contribution in [0.1, 0.15) is 18.5 Å². The third-order valence-corrected chi connectivity index (χ3v) is 4.70. The van der Waals surface area contributed by atoms with Crippen LogP contribution in [0, 0.1) is 0 Å². The second kappa shape index (κ2) is 5.69. The van der Waals surface area contributed by atoms with E-state index in [1.165, 1.54) is 6.07 Å². The molecular formula is C13H13ClN2O2S. The lowest BCUT2D eigenvalue weighted by Crippen LogP contribution is -2.27. The molecule has 0 fully saturated rings. The van der Waals surface area contributed by atoms with Gasteiger partial charge in [0.1, 0.15) is 4.90 Å². The molecule has 0 saturated heterocycles. The van der Waals surface area contributed by atoms with Gasteiger partial charge in [-0.2, -0.15) is 0 Å². The van der Waals surface area contributed by atoms with Crippen molar-refractivity contribution in [1.29, 1.82) is 0 Å². The SMILES string of the molecule is C[C@@H](NS(=O)(=O)c1ccccc1Cl)c1ccncc1. The molecule has 4 nitrogen and oxygen atoms in total. The van der Waals surface area contributed by atoms with E-state index in [1.54, 1.807) is 49.6 Å². The zero-order valence-electron chi connectivity index (χ0n) is 10.2. The van der Waals surface area contributed by atoms with Crippen LogP contribution in [0.15, 0.2) is 53.7 Å². The Morgan fingerprint density at radius 1 is 1.16 bits per heavy atom. The molecule has 0 aliphatic rings. The summed E-state index contributed by atoms with van der Waals surface area (Å²) >= 11 is 5.91. The number of nitrogens with zero attached hydrogens (tertiary/aromatic N) is 1. The Morgan fingerprint density at radius 2 is 1.79 bits per heavy atom. The maximum atomic E-state index is 12.2. The van der Waals surface area contributed by atoms with Gasteiger partial charge in [0.2, 0.25) is 10.0 Å². The highest BCUT2D eigenvalue weighted by atomic mass is 35.5. The number of hydrogen-bond acceptors (Lipinski definition) is 3. The van der Waals surface area contributed by atoms with Crippen LogP contribution in [-0.2, 0) is 10.0 Å². The van der Waals surface area contributed by atoms with E-state index in [4.69, 9.17) is 11.6 Å². The first-order valence-corrected chi connectivity index (χ1v) is 7.53. The van der Waals surface area contributed by atoms with Crippen molar-refractivity contribution in [2.24, 2.45) is 0 Å². The fourth-order valence-corrected chi connectivity index (χ4v) is 3.43. The second-order valence-corrected chi connectivity index (χ2v) is 6.14. The number of pyridine rings is 1. The summed E-state index contributed by atoms with van der Waals surface area (Å²) in [4.78, 5) is 3.98. The number of benzene rings is 1. The molecule has 2 rings (SSSR count). The van der Waals surface area contributed by atoms with Crippen LogP contribution in [0.4, 0.5) is 0 Å². The topological polar surface area (TPSA) is 59.1 Å². The molecule has 1 atom stereocenters. The maximum absolute atomic E-state index is 12.2. The van der Waals surface area contributed by atoms with Gasteiger partial charge in [-0.15, -0.1) is 0 Å². The number of sulfonamides is 1. The standard InChI is InChI=1S/C13H13ClN2O2S/c1-10(11-6-8-15-9-7-11)16-19(17,18)13-5-3-2-4-12(13)14/h2-10,16H,1H3/t10-/m1/s1. The quantitative estimate of drug-likeness (QED) is 0.944. The predicted molar refractivity (Wildman–Crippen MR) is 74.4 cm³/mol. The molecule has 0 radical (unpaired) electrons. The van der Waals surface area contributed by atoms with Gasteiger partial charge in [-0.3, -0.25) is 4.98 Å². The van der Waals surface area contributed by atoms with E-state index >= 15 is 0 Å². The lowest BCUT2D eigenvalue weighted by molar-refractivity contribution is 0.567. The summed E-state index contributed by atoms with van der Waals surface area (Å²) in [6.45, 7) is 1.77. The molecule has 100 valence electrons. The van der Waals surface area contributed by atoms with E-state index in [1.807, 2.05) is 0 Å². The fraction of sp³-hybridized carbons (Fsp3) is 0.154. The fourth-order valence-electron chi connectivity index (χ4n) is 1.68. The molecule has 1 N–H and O–H groups in total. The van der Waals surface area contributed by atoms with Gasteiger partial charge in [0.25, 0.3) is 0 Å². The molecule has 2 aromatic rings. The van der Waals surface area contributed by atoms with E-state index in [2.05, 4.69) is 9.71 Å². The summed E-state index contributed by atoms with van der Waals surface area (Å²) < 4.78 is 27.0. The van der Waals surface area contributed by atoms with Gasteiger partial charge in [-0.25, -0.2) is 13.1 Å². The van der Waals surface area contributed by atoms with Crippen molar-refractivity contribution in [1.82, 2.24) is 9.71 Å². The first-order valence-electron chi connectivity index (χ1n) is 5.67. The molecule has 19 heavy (non-hydrogen) atoms. The third-order valence-electron chi connectivity index (χ3n) is 2.66. The van der Waals surface area contributed by atoms with Crippen molar-refractivity contribution in [3.8, 4) is 0 Å². The van der Waals surface area contributed by atoms with Crippen LogP contribution >= 0.6 is 11.6 Å². The normalized spacial score (nSPS) is 13.2.